The van der Waals surface area contributed by atoms with Crippen LogP contribution < -0.4 is 16.4 Å². The number of esters is 1. The van der Waals surface area contributed by atoms with Crippen molar-refractivity contribution in [3.05, 3.63) is 60.4 Å². The van der Waals surface area contributed by atoms with E-state index in [0.29, 0.717) is 18.1 Å². The quantitative estimate of drug-likeness (QED) is 0.593. The predicted octanol–water partition coefficient (Wildman–Crippen LogP) is 3.89. The smallest absolute Gasteiger partial charge is 0.340 e. The molecule has 0 atom stereocenters. The second kappa shape index (κ2) is 8.27. The Morgan fingerprint density at radius 1 is 1.12 bits per heavy atom. The van der Waals surface area contributed by atoms with Crippen molar-refractivity contribution in [3.8, 4) is 11.1 Å². The summed E-state index contributed by atoms with van der Waals surface area (Å²) in [5, 5.41) is 0. The number of hydrogen-bond donors (Lipinski definition) is 2. The largest absolute Gasteiger partial charge is 0.462 e. The van der Waals surface area contributed by atoms with E-state index in [2.05, 4.69) is 4.99 Å². The lowest BCUT2D eigenvalue weighted by molar-refractivity contribution is 0.0529. The Balaban J connectivity index is 1.64. The van der Waals surface area contributed by atoms with Crippen molar-refractivity contribution in [1.29, 1.82) is 0 Å². The molecule has 1 fully saturated rings. The van der Waals surface area contributed by atoms with Gasteiger partial charge in [0.05, 0.1) is 17.7 Å². The molecule has 2 aromatic heterocycles. The van der Waals surface area contributed by atoms with Gasteiger partial charge in [-0.2, -0.15) is 4.99 Å². The maximum absolute atomic E-state index is 12.9. The highest BCUT2D eigenvalue weighted by Crippen LogP contribution is 2.41. The Kier molecular flexibility index (Phi) is 5.28. The molecule has 0 radical (unpaired) electrons. The molecule has 2 aliphatic rings. The molecule has 0 unspecified atom stereocenters. The zero-order chi connectivity index (χ0) is 23.0. The van der Waals surface area contributed by atoms with E-state index in [-0.39, 0.29) is 11.9 Å². The molecule has 4 N–H and O–H groups in total. The van der Waals surface area contributed by atoms with Gasteiger partial charge in [-0.05, 0) is 62.4 Å². The van der Waals surface area contributed by atoms with Crippen molar-refractivity contribution >= 4 is 29.1 Å². The molecule has 1 aliphatic carbocycles. The summed E-state index contributed by atoms with van der Waals surface area (Å²) in [5.41, 5.74) is 15.8. The molecule has 0 amide bonds. The fourth-order valence-corrected chi connectivity index (χ4v) is 5.07. The maximum Gasteiger partial charge on any atom is 0.340 e. The summed E-state index contributed by atoms with van der Waals surface area (Å²) < 4.78 is 7.33. The predicted molar refractivity (Wildman–Crippen MR) is 130 cm³/mol. The lowest BCUT2D eigenvalue weighted by Crippen LogP contribution is -2.58. The van der Waals surface area contributed by atoms with Crippen LogP contribution in [-0.4, -0.2) is 34.6 Å². The number of hydrogen-bond acceptors (Lipinski definition) is 7. The van der Waals surface area contributed by atoms with Gasteiger partial charge in [-0.1, -0.05) is 24.6 Å². The molecular weight excluding hydrogens is 416 g/mol. The number of pyridine rings is 1. The van der Waals surface area contributed by atoms with E-state index in [9.17, 15) is 4.79 Å². The highest BCUT2D eigenvalue weighted by Gasteiger charge is 2.42. The minimum atomic E-state index is -0.526. The monoisotopic (exact) mass is 444 g/mol. The summed E-state index contributed by atoms with van der Waals surface area (Å²) in [4.78, 5) is 24.0. The lowest BCUT2D eigenvalue weighted by atomic mass is 9.87. The summed E-state index contributed by atoms with van der Waals surface area (Å²) in [5.74, 6) is 0.228. The summed E-state index contributed by atoms with van der Waals surface area (Å²) in [6.45, 7) is 2.12. The van der Waals surface area contributed by atoms with E-state index >= 15 is 0 Å². The number of ether oxygens (including phenoxy) is 1. The van der Waals surface area contributed by atoms with Crippen LogP contribution in [0.5, 0.6) is 0 Å². The normalized spacial score (nSPS) is 17.7. The van der Waals surface area contributed by atoms with Gasteiger partial charge in [-0.15, -0.1) is 0 Å². The van der Waals surface area contributed by atoms with Crippen LogP contribution in [0.3, 0.4) is 0 Å². The first-order valence-corrected chi connectivity index (χ1v) is 11.4. The molecular formula is C25H28N6O2. The lowest BCUT2D eigenvalue weighted by Gasteiger charge is -2.45. The molecule has 3 heterocycles. The van der Waals surface area contributed by atoms with Crippen molar-refractivity contribution in [2.75, 3.05) is 11.5 Å². The first-order valence-electron chi connectivity index (χ1n) is 11.4. The van der Waals surface area contributed by atoms with Gasteiger partial charge in [0.2, 0.25) is 11.9 Å². The Bertz CT molecular complexity index is 1270. The molecule has 8 nitrogen and oxygen atoms in total. The van der Waals surface area contributed by atoms with Gasteiger partial charge in [-0.3, -0.25) is 4.90 Å². The highest BCUT2D eigenvalue weighted by atomic mass is 16.5. The third-order valence-corrected chi connectivity index (χ3v) is 6.43. The number of guanidine groups is 2. The molecule has 0 bridgehead atoms. The van der Waals surface area contributed by atoms with Gasteiger partial charge in [0.25, 0.3) is 0 Å². The molecule has 1 aliphatic heterocycles. The molecule has 1 spiro atoms. The number of aromatic nitrogens is 1. The molecule has 0 saturated heterocycles. The van der Waals surface area contributed by atoms with Crippen molar-refractivity contribution in [1.82, 2.24) is 4.40 Å². The summed E-state index contributed by atoms with van der Waals surface area (Å²) in [6, 6.07) is 13.8. The fourth-order valence-electron chi connectivity index (χ4n) is 5.07. The summed E-state index contributed by atoms with van der Waals surface area (Å²) in [7, 11) is 0. The van der Waals surface area contributed by atoms with E-state index in [1.54, 1.807) is 0 Å². The second-order valence-corrected chi connectivity index (χ2v) is 8.50. The van der Waals surface area contributed by atoms with Gasteiger partial charge in [-0.25, -0.2) is 9.79 Å². The number of carbonyl (C=O) groups excluding carboxylic acids is 1. The van der Waals surface area contributed by atoms with Crippen LogP contribution in [0.15, 0.2) is 64.8 Å². The minimum Gasteiger partial charge on any atom is -0.462 e. The first-order chi connectivity index (χ1) is 16.0. The number of anilines is 1. The average molecular weight is 445 g/mol. The van der Waals surface area contributed by atoms with Gasteiger partial charge in [0, 0.05) is 23.6 Å². The Morgan fingerprint density at radius 3 is 2.73 bits per heavy atom. The number of benzene rings is 1. The fraction of sp³-hybridized carbons (Fsp3) is 0.320. The van der Waals surface area contributed by atoms with Crippen molar-refractivity contribution in [2.45, 2.75) is 44.7 Å². The number of nitrogens with zero attached hydrogens (tertiary/aromatic N) is 4. The summed E-state index contributed by atoms with van der Waals surface area (Å²) >= 11 is 0. The van der Waals surface area contributed by atoms with Crippen LogP contribution in [0.25, 0.3) is 16.6 Å². The molecule has 1 saturated carbocycles. The number of fused-ring (bicyclic) bond motifs is 1. The van der Waals surface area contributed by atoms with Crippen molar-refractivity contribution < 1.29 is 9.53 Å². The number of carbonyl (C=O) groups is 1. The number of rotatable bonds is 4. The van der Waals surface area contributed by atoms with E-state index in [1.165, 1.54) is 6.42 Å². The Morgan fingerprint density at radius 2 is 1.94 bits per heavy atom. The van der Waals surface area contributed by atoms with Gasteiger partial charge >= 0.3 is 5.97 Å². The number of aliphatic imine (C=N–C) groups is 2. The Labute approximate surface area is 192 Å². The first kappa shape index (κ1) is 21.1. The van der Waals surface area contributed by atoms with Crippen LogP contribution in [0.1, 0.15) is 49.4 Å². The standard InChI is InChI=1S/C25H28N6O2/c1-2-33-22(32)21-19(16-30-14-7-4-11-20(21)30)17-9-8-10-18(15-17)31-24(27)28-23(26)29-25(31)12-5-3-6-13-25/h4,7-11,14-16H,2-3,5-6,12-13H2,1H3,(H4,26,27,28,29). The van der Waals surface area contributed by atoms with Gasteiger partial charge in [0.1, 0.15) is 5.66 Å². The van der Waals surface area contributed by atoms with Crippen LogP contribution >= 0.6 is 0 Å². The zero-order valence-electron chi connectivity index (χ0n) is 18.7. The van der Waals surface area contributed by atoms with E-state index in [1.807, 2.05) is 71.1 Å². The van der Waals surface area contributed by atoms with Crippen LogP contribution in [-0.2, 0) is 4.74 Å². The third-order valence-electron chi connectivity index (χ3n) is 6.43. The van der Waals surface area contributed by atoms with Crippen molar-refractivity contribution in [3.63, 3.8) is 0 Å². The van der Waals surface area contributed by atoms with Crippen LogP contribution in [0.4, 0.5) is 5.69 Å². The van der Waals surface area contributed by atoms with Gasteiger partial charge in [0.15, 0.2) is 0 Å². The van der Waals surface area contributed by atoms with Crippen LogP contribution in [0, 0.1) is 0 Å². The highest BCUT2D eigenvalue weighted by molar-refractivity contribution is 6.07. The molecule has 3 aromatic rings. The zero-order valence-corrected chi connectivity index (χ0v) is 18.7. The second-order valence-electron chi connectivity index (χ2n) is 8.50. The SMILES string of the molecule is CCOC(=O)c1c(-c2cccc(N3C(N)=NC(N)=NC34CCCCC4)c2)cn2ccccc12. The molecule has 5 rings (SSSR count). The van der Waals surface area contributed by atoms with E-state index in [0.717, 1.165) is 48.0 Å². The molecule has 33 heavy (non-hydrogen) atoms. The third kappa shape index (κ3) is 3.61. The maximum atomic E-state index is 12.9. The average Bonchev–Trinajstić information content (AvgIpc) is 3.19. The molecule has 1 aromatic carbocycles. The molecule has 8 heteroatoms. The van der Waals surface area contributed by atoms with Crippen molar-refractivity contribution in [2.24, 2.45) is 21.5 Å². The topological polar surface area (TPSA) is 111 Å². The number of nitrogens with two attached hydrogens (primary N) is 2. The van der Waals surface area contributed by atoms with E-state index in [4.69, 9.17) is 21.2 Å². The van der Waals surface area contributed by atoms with E-state index < -0.39 is 5.66 Å². The Hall–Kier alpha value is -3.81. The van der Waals surface area contributed by atoms with Gasteiger partial charge < -0.3 is 20.6 Å². The van der Waals surface area contributed by atoms with Crippen LogP contribution in [0.2, 0.25) is 0 Å². The molecule has 170 valence electrons. The minimum absolute atomic E-state index is 0.227. The summed E-state index contributed by atoms with van der Waals surface area (Å²) in [6.07, 6.45) is 8.88.